The number of thioether (sulfide) groups is 1. The van der Waals surface area contributed by atoms with Crippen molar-refractivity contribution in [3.05, 3.63) is 39.0 Å². The standard InChI is InChI=1S/C10H5BrFNOS2/c11-7-2-1-6(12)3-5(7)4-8-9(14)13-10(15)16-8/h1-4H,(H,13,14,15)/b8-4+. The summed E-state index contributed by atoms with van der Waals surface area (Å²) in [4.78, 5) is 11.9. The van der Waals surface area contributed by atoms with E-state index in [0.29, 0.717) is 14.8 Å². The van der Waals surface area contributed by atoms with E-state index in [1.54, 1.807) is 12.1 Å². The molecule has 1 aliphatic rings. The lowest BCUT2D eigenvalue weighted by Crippen LogP contribution is -2.17. The lowest BCUT2D eigenvalue weighted by molar-refractivity contribution is -0.115. The summed E-state index contributed by atoms with van der Waals surface area (Å²) in [5, 5.41) is 2.50. The van der Waals surface area contributed by atoms with Crippen molar-refractivity contribution in [2.75, 3.05) is 0 Å². The molecule has 1 fully saturated rings. The molecule has 2 nitrogen and oxygen atoms in total. The molecule has 0 atom stereocenters. The molecule has 0 unspecified atom stereocenters. The summed E-state index contributed by atoms with van der Waals surface area (Å²) in [7, 11) is 0. The van der Waals surface area contributed by atoms with Gasteiger partial charge in [-0.2, -0.15) is 0 Å². The van der Waals surface area contributed by atoms with Gasteiger partial charge < -0.3 is 5.32 Å². The molecule has 1 aromatic rings. The number of amides is 1. The van der Waals surface area contributed by atoms with Crippen LogP contribution in [0.2, 0.25) is 0 Å². The Kier molecular flexibility index (Phi) is 3.41. The van der Waals surface area contributed by atoms with Crippen molar-refractivity contribution >= 4 is 56.2 Å². The quantitative estimate of drug-likeness (QED) is 0.637. The highest BCUT2D eigenvalue weighted by atomic mass is 79.9. The highest BCUT2D eigenvalue weighted by Crippen LogP contribution is 2.28. The van der Waals surface area contributed by atoms with Gasteiger partial charge in [-0.1, -0.05) is 39.9 Å². The summed E-state index contributed by atoms with van der Waals surface area (Å²) >= 11 is 9.31. The van der Waals surface area contributed by atoms with Gasteiger partial charge in [-0.15, -0.1) is 0 Å². The number of carbonyl (C=O) groups excluding carboxylic acids is 1. The molecule has 0 aromatic heterocycles. The minimum absolute atomic E-state index is 0.244. The van der Waals surface area contributed by atoms with E-state index in [1.807, 2.05) is 0 Å². The van der Waals surface area contributed by atoms with Gasteiger partial charge in [0.2, 0.25) is 0 Å². The predicted molar refractivity (Wildman–Crippen MR) is 70.4 cm³/mol. The van der Waals surface area contributed by atoms with Crippen molar-refractivity contribution < 1.29 is 9.18 Å². The maximum Gasteiger partial charge on any atom is 0.263 e. The van der Waals surface area contributed by atoms with Crippen molar-refractivity contribution in [2.45, 2.75) is 0 Å². The minimum atomic E-state index is -0.346. The van der Waals surface area contributed by atoms with Gasteiger partial charge in [0.15, 0.2) is 0 Å². The first-order valence-electron chi connectivity index (χ1n) is 4.26. The Labute approximate surface area is 109 Å². The fraction of sp³-hybridized carbons (Fsp3) is 0. The zero-order chi connectivity index (χ0) is 11.7. The maximum atomic E-state index is 13.0. The molecular formula is C10H5BrFNOS2. The Morgan fingerprint density at radius 2 is 2.25 bits per heavy atom. The van der Waals surface area contributed by atoms with Crippen molar-refractivity contribution in [1.29, 1.82) is 0 Å². The van der Waals surface area contributed by atoms with Gasteiger partial charge in [0.1, 0.15) is 10.1 Å². The number of hydrogen-bond donors (Lipinski definition) is 1. The number of carbonyl (C=O) groups is 1. The molecule has 82 valence electrons. The van der Waals surface area contributed by atoms with E-state index in [-0.39, 0.29) is 11.7 Å². The normalized spacial score (nSPS) is 18.0. The number of nitrogens with one attached hydrogen (secondary N) is 1. The molecule has 0 aliphatic carbocycles. The average molecular weight is 318 g/mol. The van der Waals surface area contributed by atoms with Crippen molar-refractivity contribution in [3.8, 4) is 0 Å². The van der Waals surface area contributed by atoms with Crippen LogP contribution in [0, 0.1) is 5.82 Å². The predicted octanol–water partition coefficient (Wildman–Crippen LogP) is 3.08. The first-order valence-corrected chi connectivity index (χ1v) is 6.28. The third kappa shape index (κ3) is 2.50. The van der Waals surface area contributed by atoms with E-state index in [0.717, 1.165) is 4.47 Å². The van der Waals surface area contributed by atoms with Crippen LogP contribution in [0.5, 0.6) is 0 Å². The van der Waals surface area contributed by atoms with E-state index < -0.39 is 0 Å². The Hall–Kier alpha value is -0.720. The Morgan fingerprint density at radius 3 is 2.88 bits per heavy atom. The lowest BCUT2D eigenvalue weighted by Gasteiger charge is -1.99. The molecule has 1 aliphatic heterocycles. The molecule has 0 saturated carbocycles. The van der Waals surface area contributed by atoms with Gasteiger partial charge >= 0.3 is 0 Å². The van der Waals surface area contributed by atoms with Crippen LogP contribution in [0.4, 0.5) is 4.39 Å². The summed E-state index contributed by atoms with van der Waals surface area (Å²) in [6.45, 7) is 0. The van der Waals surface area contributed by atoms with Crippen LogP contribution in [0.3, 0.4) is 0 Å². The second-order valence-corrected chi connectivity index (χ2v) is 5.59. The first kappa shape index (κ1) is 11.8. The molecule has 1 heterocycles. The molecule has 1 N–H and O–H groups in total. The van der Waals surface area contributed by atoms with Crippen LogP contribution < -0.4 is 5.32 Å². The van der Waals surface area contributed by atoms with Crippen molar-refractivity contribution in [3.63, 3.8) is 0 Å². The van der Waals surface area contributed by atoms with Gasteiger partial charge in [-0.05, 0) is 29.8 Å². The lowest BCUT2D eigenvalue weighted by atomic mass is 10.2. The monoisotopic (exact) mass is 317 g/mol. The third-order valence-corrected chi connectivity index (χ3v) is 3.77. The second kappa shape index (κ2) is 4.65. The molecule has 16 heavy (non-hydrogen) atoms. The summed E-state index contributed by atoms with van der Waals surface area (Å²) in [6, 6.07) is 4.29. The zero-order valence-electron chi connectivity index (χ0n) is 7.79. The zero-order valence-corrected chi connectivity index (χ0v) is 11.0. The summed E-state index contributed by atoms with van der Waals surface area (Å²) < 4.78 is 14.2. The van der Waals surface area contributed by atoms with Gasteiger partial charge in [-0.25, -0.2) is 4.39 Å². The highest BCUT2D eigenvalue weighted by molar-refractivity contribution is 9.10. The molecule has 0 bridgehead atoms. The largest absolute Gasteiger partial charge is 0.307 e. The van der Waals surface area contributed by atoms with Crippen LogP contribution in [-0.2, 0) is 4.79 Å². The van der Waals surface area contributed by atoms with E-state index in [9.17, 15) is 9.18 Å². The van der Waals surface area contributed by atoms with E-state index in [1.165, 1.54) is 23.9 Å². The van der Waals surface area contributed by atoms with E-state index >= 15 is 0 Å². The van der Waals surface area contributed by atoms with Gasteiger partial charge in [0.05, 0.1) is 4.91 Å². The second-order valence-electron chi connectivity index (χ2n) is 3.02. The fourth-order valence-corrected chi connectivity index (χ4v) is 2.58. The van der Waals surface area contributed by atoms with Crippen LogP contribution >= 0.6 is 39.9 Å². The number of rotatable bonds is 1. The molecule has 0 radical (unpaired) electrons. The number of halogens is 2. The van der Waals surface area contributed by atoms with Crippen LogP contribution in [0.15, 0.2) is 27.6 Å². The molecule has 1 aromatic carbocycles. The SMILES string of the molecule is O=C1NC(=S)S/C1=C/c1cc(F)ccc1Br. The molecular weight excluding hydrogens is 313 g/mol. The topological polar surface area (TPSA) is 29.1 Å². The smallest absolute Gasteiger partial charge is 0.263 e. The first-order chi connectivity index (χ1) is 7.56. The number of benzene rings is 1. The van der Waals surface area contributed by atoms with Gasteiger partial charge in [0, 0.05) is 4.47 Å². The summed E-state index contributed by atoms with van der Waals surface area (Å²) in [5.74, 6) is -0.591. The molecule has 1 amide bonds. The van der Waals surface area contributed by atoms with Gasteiger partial charge in [0.25, 0.3) is 5.91 Å². The van der Waals surface area contributed by atoms with E-state index in [4.69, 9.17) is 12.2 Å². The van der Waals surface area contributed by atoms with Crippen LogP contribution in [0.1, 0.15) is 5.56 Å². The third-order valence-electron chi connectivity index (χ3n) is 1.89. The minimum Gasteiger partial charge on any atom is -0.307 e. The average Bonchev–Trinajstić information content (AvgIpc) is 2.51. The Bertz CT molecular complexity index is 516. The van der Waals surface area contributed by atoms with Crippen molar-refractivity contribution in [2.24, 2.45) is 0 Å². The van der Waals surface area contributed by atoms with Crippen LogP contribution in [-0.4, -0.2) is 10.2 Å². The van der Waals surface area contributed by atoms with Crippen LogP contribution in [0.25, 0.3) is 6.08 Å². The molecule has 1 saturated heterocycles. The fourth-order valence-electron chi connectivity index (χ4n) is 1.19. The Balaban J connectivity index is 2.39. The van der Waals surface area contributed by atoms with Gasteiger partial charge in [-0.3, -0.25) is 4.79 Å². The number of hydrogen-bond acceptors (Lipinski definition) is 3. The summed E-state index contributed by atoms with van der Waals surface area (Å²) in [6.07, 6.45) is 1.60. The van der Waals surface area contributed by atoms with Crippen molar-refractivity contribution in [1.82, 2.24) is 5.32 Å². The highest BCUT2D eigenvalue weighted by Gasteiger charge is 2.22. The van der Waals surface area contributed by atoms with E-state index in [2.05, 4.69) is 21.2 Å². The Morgan fingerprint density at radius 1 is 1.50 bits per heavy atom. The number of thiocarbonyl (C=S) groups is 1. The molecule has 0 spiro atoms. The summed E-state index contributed by atoms with van der Waals surface area (Å²) in [5.41, 5.74) is 0.613. The maximum absolute atomic E-state index is 13.0. The molecule has 2 rings (SSSR count). The molecule has 6 heteroatoms.